The summed E-state index contributed by atoms with van der Waals surface area (Å²) in [5, 5.41) is 10.6. The van der Waals surface area contributed by atoms with Gasteiger partial charge in [0, 0.05) is 40.7 Å². The maximum Gasteiger partial charge on any atom is 0.341 e. The van der Waals surface area contributed by atoms with Crippen LogP contribution in [0, 0.1) is 0 Å². The molecule has 1 atom stereocenters. The number of rotatable bonds is 13. The number of hydrogen-bond donors (Lipinski definition) is 3. The molecule has 0 bridgehead atoms. The number of amides is 3. The molecule has 0 radical (unpaired) electrons. The molecule has 11 heteroatoms. The van der Waals surface area contributed by atoms with Gasteiger partial charge in [0.25, 0.3) is 11.8 Å². The zero-order valence-corrected chi connectivity index (χ0v) is 34.9. The number of nitrogens with zero attached hydrogens (tertiary/aromatic N) is 1. The second-order valence-corrected chi connectivity index (χ2v) is 16.8. The first-order valence-corrected chi connectivity index (χ1v) is 21.5. The van der Waals surface area contributed by atoms with Crippen LogP contribution in [0.15, 0.2) is 168 Å². The van der Waals surface area contributed by atoms with Gasteiger partial charge in [-0.05, 0) is 75.9 Å². The lowest BCUT2D eigenvalue weighted by molar-refractivity contribution is -0.116. The highest BCUT2D eigenvalue weighted by molar-refractivity contribution is 8.00. The Morgan fingerprint density at radius 2 is 1.48 bits per heavy atom. The Morgan fingerprint density at radius 3 is 2.25 bits per heavy atom. The Bertz CT molecular complexity index is 2730. The highest BCUT2D eigenvalue weighted by atomic mass is 32.2. The Kier molecular flexibility index (Phi) is 12.8. The van der Waals surface area contributed by atoms with Crippen molar-refractivity contribution < 1.29 is 23.9 Å². The number of ether oxygens (including phenoxy) is 1. The molecule has 0 aliphatic carbocycles. The maximum absolute atomic E-state index is 14.4. The summed E-state index contributed by atoms with van der Waals surface area (Å²) in [5.41, 5.74) is 5.01. The topological polar surface area (TPSA) is 117 Å². The average Bonchev–Trinajstić information content (AvgIpc) is 3.65. The molecule has 0 saturated carbocycles. The second kappa shape index (κ2) is 19.1. The number of thioether (sulfide) groups is 1. The third-order valence-electron chi connectivity index (χ3n) is 10.3. The molecule has 3 N–H and O–H groups in total. The van der Waals surface area contributed by atoms with Crippen molar-refractivity contribution in [2.75, 3.05) is 24.3 Å². The van der Waals surface area contributed by atoms with Gasteiger partial charge >= 0.3 is 5.97 Å². The fourth-order valence-electron chi connectivity index (χ4n) is 7.37. The molecule has 3 amide bonds. The average molecular weight is 843 g/mol. The van der Waals surface area contributed by atoms with Gasteiger partial charge in [0.15, 0.2) is 0 Å². The Labute approximate surface area is 362 Å². The van der Waals surface area contributed by atoms with Gasteiger partial charge in [-0.3, -0.25) is 19.3 Å². The largest absolute Gasteiger partial charge is 0.465 e. The van der Waals surface area contributed by atoms with Gasteiger partial charge in [-0.2, -0.15) is 0 Å². The number of nitrogens with one attached hydrogen (secondary N) is 3. The Balaban J connectivity index is 1.04. The number of thiophene rings is 1. The van der Waals surface area contributed by atoms with Crippen LogP contribution in [-0.4, -0.2) is 42.2 Å². The van der Waals surface area contributed by atoms with Crippen LogP contribution >= 0.6 is 23.1 Å². The van der Waals surface area contributed by atoms with Gasteiger partial charge in [-0.1, -0.05) is 127 Å². The predicted molar refractivity (Wildman–Crippen MR) is 244 cm³/mol. The monoisotopic (exact) mass is 842 g/mol. The van der Waals surface area contributed by atoms with Crippen LogP contribution in [0.3, 0.4) is 0 Å². The summed E-state index contributed by atoms with van der Waals surface area (Å²) >= 11 is 2.74. The molecule has 1 aromatic heterocycles. The quantitative estimate of drug-likeness (QED) is 0.0601. The summed E-state index contributed by atoms with van der Waals surface area (Å²) in [4.78, 5) is 59.3. The fraction of sp³-hybridized carbons (Fsp3) is 0.120. The molecule has 1 aliphatic heterocycles. The Morgan fingerprint density at radius 1 is 0.787 bits per heavy atom. The van der Waals surface area contributed by atoms with E-state index in [1.807, 2.05) is 103 Å². The number of hydrogen-bond acceptors (Lipinski definition) is 8. The molecule has 0 saturated heterocycles. The molecule has 1 aliphatic rings. The molecule has 61 heavy (non-hydrogen) atoms. The van der Waals surface area contributed by atoms with Crippen molar-refractivity contribution in [3.63, 3.8) is 0 Å². The first kappa shape index (κ1) is 41.0. The molecule has 2 heterocycles. The van der Waals surface area contributed by atoms with Crippen molar-refractivity contribution >= 4 is 74.3 Å². The number of carbonyl (C=O) groups excluding carboxylic acids is 4. The van der Waals surface area contributed by atoms with E-state index >= 15 is 0 Å². The molecule has 1 unspecified atom stereocenters. The standard InChI is InChI=1S/C50H42N4O5S2/c1-59-50(58)44-41-27-28-54(31-33-15-5-2-6-16-33)32-43(41)61-49(44)53-48(57)45(35-18-7-3-8-19-35)60-39-25-14-24-38(30-39)51-47(56)42(52-46(55)36-20-9-4-10-21-36)29-37-23-13-22-34-17-11-12-26-40(34)37/h2-26,29-30,45H,27-28,31-32H2,1H3,(H,51,56)(H,52,55)(H,53,57)/b42-29+. The van der Waals surface area contributed by atoms with Gasteiger partial charge in [0.05, 0.1) is 12.7 Å². The van der Waals surface area contributed by atoms with Crippen molar-refractivity contribution in [2.24, 2.45) is 0 Å². The molecule has 7 aromatic rings. The van der Waals surface area contributed by atoms with Crippen molar-refractivity contribution in [1.29, 1.82) is 0 Å². The number of benzene rings is 6. The summed E-state index contributed by atoms with van der Waals surface area (Å²) in [6, 6.07) is 49.3. The molecule has 0 fully saturated rings. The van der Waals surface area contributed by atoms with Crippen molar-refractivity contribution in [1.82, 2.24) is 10.2 Å². The second-order valence-electron chi connectivity index (χ2n) is 14.5. The van der Waals surface area contributed by atoms with Crippen molar-refractivity contribution in [2.45, 2.75) is 29.7 Å². The SMILES string of the molecule is COC(=O)c1c(NC(=O)C(Sc2cccc(NC(=O)/C(=C\c3cccc4ccccc34)NC(=O)c3ccccc3)c2)c2ccccc2)sc2c1CCN(Cc1ccccc1)C2. The van der Waals surface area contributed by atoms with E-state index in [4.69, 9.17) is 4.74 Å². The summed E-state index contributed by atoms with van der Waals surface area (Å²) in [7, 11) is 1.36. The van der Waals surface area contributed by atoms with E-state index in [-0.39, 0.29) is 11.6 Å². The zero-order chi connectivity index (χ0) is 42.1. The summed E-state index contributed by atoms with van der Waals surface area (Å²) in [6.45, 7) is 2.20. The van der Waals surface area contributed by atoms with Crippen LogP contribution in [0.25, 0.3) is 16.8 Å². The third-order valence-corrected chi connectivity index (χ3v) is 12.7. The van der Waals surface area contributed by atoms with Crippen LogP contribution in [-0.2, 0) is 33.8 Å². The number of fused-ring (bicyclic) bond motifs is 2. The normalized spacial score (nSPS) is 13.2. The lowest BCUT2D eigenvalue weighted by Crippen LogP contribution is -2.30. The van der Waals surface area contributed by atoms with Crippen LogP contribution in [0.1, 0.15) is 53.1 Å². The van der Waals surface area contributed by atoms with E-state index in [9.17, 15) is 19.2 Å². The van der Waals surface area contributed by atoms with Crippen LogP contribution in [0.4, 0.5) is 10.7 Å². The highest BCUT2D eigenvalue weighted by Crippen LogP contribution is 2.41. The van der Waals surface area contributed by atoms with E-state index in [1.54, 1.807) is 48.5 Å². The van der Waals surface area contributed by atoms with Gasteiger partial charge < -0.3 is 20.7 Å². The molecular formula is C50H42N4O5S2. The van der Waals surface area contributed by atoms with E-state index in [0.717, 1.165) is 45.4 Å². The minimum Gasteiger partial charge on any atom is -0.465 e. The molecule has 9 nitrogen and oxygen atoms in total. The predicted octanol–water partition coefficient (Wildman–Crippen LogP) is 10.1. The minimum atomic E-state index is -0.724. The minimum absolute atomic E-state index is 0.0630. The number of methoxy groups -OCH3 is 1. The van der Waals surface area contributed by atoms with Crippen LogP contribution in [0.2, 0.25) is 0 Å². The van der Waals surface area contributed by atoms with Gasteiger partial charge in [-0.15, -0.1) is 23.1 Å². The first-order valence-electron chi connectivity index (χ1n) is 19.8. The first-order chi connectivity index (χ1) is 29.8. The molecule has 6 aromatic carbocycles. The molecule has 304 valence electrons. The Hall–Kier alpha value is -6.79. The van der Waals surface area contributed by atoms with E-state index in [1.165, 1.54) is 35.8 Å². The third kappa shape index (κ3) is 9.82. The summed E-state index contributed by atoms with van der Waals surface area (Å²) in [6.07, 6.45) is 2.34. The molecule has 0 spiro atoms. The molecular weight excluding hydrogens is 801 g/mol. The summed E-state index contributed by atoms with van der Waals surface area (Å²) < 4.78 is 5.24. The van der Waals surface area contributed by atoms with Gasteiger partial charge in [-0.25, -0.2) is 4.79 Å². The van der Waals surface area contributed by atoms with E-state index in [0.29, 0.717) is 39.7 Å². The fourth-order valence-corrected chi connectivity index (χ4v) is 9.74. The van der Waals surface area contributed by atoms with Crippen molar-refractivity contribution in [3.8, 4) is 0 Å². The van der Waals surface area contributed by atoms with E-state index < -0.39 is 23.0 Å². The summed E-state index contributed by atoms with van der Waals surface area (Å²) in [5.74, 6) is -1.73. The number of esters is 1. The van der Waals surface area contributed by atoms with Crippen LogP contribution < -0.4 is 16.0 Å². The number of anilines is 2. The van der Waals surface area contributed by atoms with Crippen molar-refractivity contribution in [3.05, 3.63) is 202 Å². The molecule has 8 rings (SSSR count). The smallest absolute Gasteiger partial charge is 0.341 e. The number of carbonyl (C=O) groups is 4. The zero-order valence-electron chi connectivity index (χ0n) is 33.3. The van der Waals surface area contributed by atoms with Gasteiger partial charge in [0.1, 0.15) is 15.9 Å². The highest BCUT2D eigenvalue weighted by Gasteiger charge is 2.31. The lowest BCUT2D eigenvalue weighted by Gasteiger charge is -2.27. The van der Waals surface area contributed by atoms with Crippen LogP contribution in [0.5, 0.6) is 0 Å². The van der Waals surface area contributed by atoms with Gasteiger partial charge in [0.2, 0.25) is 5.91 Å². The lowest BCUT2D eigenvalue weighted by atomic mass is 10.0. The van der Waals surface area contributed by atoms with E-state index in [2.05, 4.69) is 33.0 Å². The maximum atomic E-state index is 14.4.